The van der Waals surface area contributed by atoms with Crippen LogP contribution in [0.3, 0.4) is 0 Å². The minimum atomic E-state index is -0.643. The van der Waals surface area contributed by atoms with Crippen molar-refractivity contribution in [2.75, 3.05) is 13.1 Å². The zero-order valence-corrected chi connectivity index (χ0v) is 25.8. The Hall–Kier alpha value is -3.74. The van der Waals surface area contributed by atoms with Crippen LogP contribution in [0.1, 0.15) is 51.2 Å². The Morgan fingerprint density at radius 2 is 1.14 bits per heavy atom. The van der Waals surface area contributed by atoms with Crippen molar-refractivity contribution in [3.8, 4) is 0 Å². The standard InChI is InChI=1S/C37H46N4O2/c1-4-9-32-23-41(37(43)35(39)22-27-15-17-29-11-6-8-13-31(29)20-27)33(18-25(2)3)24-40(32)36(42)34(38)21-26-14-16-28-10-5-7-12-30(28)19-26/h5-8,10-17,19-20,25,32-35H,4,9,18,21-24,38-39H2,1-3H3/t32-,33+,34?,35?/m0/s1. The Bertz CT molecular complexity index is 1570. The molecule has 0 aliphatic carbocycles. The summed E-state index contributed by atoms with van der Waals surface area (Å²) in [4.78, 5) is 31.8. The van der Waals surface area contributed by atoms with E-state index < -0.39 is 12.1 Å². The fourth-order valence-electron chi connectivity index (χ4n) is 6.66. The number of carbonyl (C=O) groups excluding carboxylic acids is 2. The van der Waals surface area contributed by atoms with Crippen molar-refractivity contribution in [3.63, 3.8) is 0 Å². The lowest BCUT2D eigenvalue weighted by Gasteiger charge is -2.48. The van der Waals surface area contributed by atoms with E-state index >= 15 is 0 Å². The Balaban J connectivity index is 1.31. The van der Waals surface area contributed by atoms with E-state index in [2.05, 4.69) is 81.4 Å². The van der Waals surface area contributed by atoms with Gasteiger partial charge >= 0.3 is 0 Å². The normalized spacial score (nSPS) is 18.7. The topological polar surface area (TPSA) is 92.7 Å². The first-order valence-corrected chi connectivity index (χ1v) is 15.8. The van der Waals surface area contributed by atoms with Crippen LogP contribution in [0.15, 0.2) is 84.9 Å². The summed E-state index contributed by atoms with van der Waals surface area (Å²) in [6.07, 6.45) is 3.48. The highest BCUT2D eigenvalue weighted by molar-refractivity contribution is 5.87. The molecule has 6 nitrogen and oxygen atoms in total. The monoisotopic (exact) mass is 578 g/mol. The summed E-state index contributed by atoms with van der Waals surface area (Å²) in [7, 11) is 0. The smallest absolute Gasteiger partial charge is 0.240 e. The van der Waals surface area contributed by atoms with Crippen molar-refractivity contribution < 1.29 is 9.59 Å². The third kappa shape index (κ3) is 7.26. The van der Waals surface area contributed by atoms with Crippen LogP contribution in [-0.2, 0) is 22.4 Å². The van der Waals surface area contributed by atoms with Gasteiger partial charge in [0.05, 0.1) is 12.1 Å². The van der Waals surface area contributed by atoms with Crippen LogP contribution in [0.4, 0.5) is 0 Å². The molecule has 4 N–H and O–H groups in total. The lowest BCUT2D eigenvalue weighted by Crippen LogP contribution is -2.65. The predicted octanol–water partition coefficient (Wildman–Crippen LogP) is 5.69. The molecule has 2 amide bonds. The molecule has 0 spiro atoms. The quantitative estimate of drug-likeness (QED) is 0.253. The second-order valence-corrected chi connectivity index (χ2v) is 12.7. The summed E-state index contributed by atoms with van der Waals surface area (Å²) in [5.41, 5.74) is 15.3. The number of rotatable bonds is 10. The fraction of sp³-hybridized carbons (Fsp3) is 0.405. The molecule has 2 unspecified atom stereocenters. The van der Waals surface area contributed by atoms with E-state index in [4.69, 9.17) is 11.5 Å². The highest BCUT2D eigenvalue weighted by Gasteiger charge is 2.40. The second kappa shape index (κ2) is 13.7. The average molecular weight is 579 g/mol. The first-order valence-electron chi connectivity index (χ1n) is 15.8. The van der Waals surface area contributed by atoms with E-state index in [0.717, 1.165) is 41.2 Å². The predicted molar refractivity (Wildman–Crippen MR) is 177 cm³/mol. The van der Waals surface area contributed by atoms with Crippen LogP contribution >= 0.6 is 0 Å². The average Bonchev–Trinajstić information content (AvgIpc) is 3.00. The molecule has 0 saturated carbocycles. The molecule has 1 heterocycles. The van der Waals surface area contributed by atoms with E-state index in [9.17, 15) is 9.59 Å². The van der Waals surface area contributed by atoms with Gasteiger partial charge in [-0.25, -0.2) is 0 Å². The van der Waals surface area contributed by atoms with Gasteiger partial charge in [-0.2, -0.15) is 0 Å². The number of amides is 2. The summed E-state index contributed by atoms with van der Waals surface area (Å²) in [5.74, 6) is 0.295. The van der Waals surface area contributed by atoms with Gasteiger partial charge in [-0.05, 0) is 64.3 Å². The van der Waals surface area contributed by atoms with Crippen molar-refractivity contribution in [1.29, 1.82) is 0 Å². The van der Waals surface area contributed by atoms with Gasteiger partial charge in [-0.1, -0.05) is 112 Å². The number of nitrogens with two attached hydrogens (primary N) is 2. The molecule has 1 fully saturated rings. The number of nitrogens with zero attached hydrogens (tertiary/aromatic N) is 2. The molecule has 43 heavy (non-hydrogen) atoms. The summed E-state index contributed by atoms with van der Waals surface area (Å²) in [6.45, 7) is 7.42. The summed E-state index contributed by atoms with van der Waals surface area (Å²) in [5, 5.41) is 4.63. The molecule has 4 aromatic rings. The van der Waals surface area contributed by atoms with Gasteiger partial charge in [0, 0.05) is 25.2 Å². The van der Waals surface area contributed by atoms with E-state index in [1.807, 2.05) is 34.1 Å². The molecule has 0 bridgehead atoms. The third-order valence-electron chi connectivity index (χ3n) is 8.80. The highest BCUT2D eigenvalue weighted by Crippen LogP contribution is 2.26. The minimum Gasteiger partial charge on any atom is -0.335 e. The zero-order chi connectivity index (χ0) is 30.5. The van der Waals surface area contributed by atoms with Crippen LogP contribution < -0.4 is 11.5 Å². The van der Waals surface area contributed by atoms with Gasteiger partial charge < -0.3 is 21.3 Å². The van der Waals surface area contributed by atoms with Gasteiger partial charge in [0.1, 0.15) is 0 Å². The van der Waals surface area contributed by atoms with Gasteiger partial charge in [-0.15, -0.1) is 0 Å². The van der Waals surface area contributed by atoms with E-state index in [-0.39, 0.29) is 23.9 Å². The maximum absolute atomic E-state index is 13.9. The SMILES string of the molecule is CCC[C@H]1CN(C(=O)C(N)Cc2ccc3ccccc3c2)[C@H](CC(C)C)CN1C(=O)C(N)Cc1ccc2ccccc2c1. The van der Waals surface area contributed by atoms with Crippen LogP contribution in [0, 0.1) is 5.92 Å². The Labute approximate surface area is 256 Å². The minimum absolute atomic E-state index is 0.0343. The van der Waals surface area contributed by atoms with Crippen LogP contribution in [0.25, 0.3) is 21.5 Å². The molecular weight excluding hydrogens is 532 g/mol. The first-order chi connectivity index (χ1) is 20.7. The summed E-state index contributed by atoms with van der Waals surface area (Å²) in [6, 6.07) is 27.5. The van der Waals surface area contributed by atoms with Gasteiger partial charge in [-0.3, -0.25) is 9.59 Å². The molecule has 4 atom stereocenters. The molecule has 6 heteroatoms. The molecule has 4 aromatic carbocycles. The van der Waals surface area contributed by atoms with Crippen molar-refractivity contribution in [2.45, 2.75) is 77.0 Å². The van der Waals surface area contributed by atoms with Crippen molar-refractivity contribution in [1.82, 2.24) is 9.80 Å². The lowest BCUT2D eigenvalue weighted by atomic mass is 9.93. The number of benzene rings is 4. The van der Waals surface area contributed by atoms with Crippen molar-refractivity contribution in [3.05, 3.63) is 96.1 Å². The molecule has 1 aliphatic heterocycles. The number of fused-ring (bicyclic) bond motifs is 2. The molecule has 0 aromatic heterocycles. The van der Waals surface area contributed by atoms with Crippen molar-refractivity contribution in [2.24, 2.45) is 17.4 Å². The van der Waals surface area contributed by atoms with E-state index in [0.29, 0.717) is 31.8 Å². The summed E-state index contributed by atoms with van der Waals surface area (Å²) < 4.78 is 0. The molecule has 1 saturated heterocycles. The molecule has 5 rings (SSSR count). The maximum Gasteiger partial charge on any atom is 0.240 e. The number of carbonyl (C=O) groups is 2. The second-order valence-electron chi connectivity index (χ2n) is 12.7. The maximum atomic E-state index is 13.9. The Kier molecular flexibility index (Phi) is 9.79. The molecule has 1 aliphatic rings. The molecular formula is C37H46N4O2. The van der Waals surface area contributed by atoms with Crippen LogP contribution in [0.2, 0.25) is 0 Å². The van der Waals surface area contributed by atoms with Gasteiger partial charge in [0.25, 0.3) is 0 Å². The van der Waals surface area contributed by atoms with Gasteiger partial charge in [0.2, 0.25) is 11.8 Å². The number of piperazine rings is 1. The van der Waals surface area contributed by atoms with Gasteiger partial charge in [0.15, 0.2) is 0 Å². The first kappa shape index (κ1) is 30.7. The fourth-order valence-corrected chi connectivity index (χ4v) is 6.66. The third-order valence-corrected chi connectivity index (χ3v) is 8.80. The van der Waals surface area contributed by atoms with Crippen molar-refractivity contribution >= 4 is 33.4 Å². The van der Waals surface area contributed by atoms with E-state index in [1.165, 1.54) is 10.8 Å². The Morgan fingerprint density at radius 1 is 0.698 bits per heavy atom. The largest absolute Gasteiger partial charge is 0.335 e. The van der Waals surface area contributed by atoms with Crippen LogP contribution in [-0.4, -0.2) is 58.9 Å². The highest BCUT2D eigenvalue weighted by atomic mass is 16.2. The number of hydrogen-bond acceptors (Lipinski definition) is 4. The van der Waals surface area contributed by atoms with Crippen LogP contribution in [0.5, 0.6) is 0 Å². The molecule has 226 valence electrons. The Morgan fingerprint density at radius 3 is 1.60 bits per heavy atom. The van der Waals surface area contributed by atoms with E-state index in [1.54, 1.807) is 0 Å². The molecule has 0 radical (unpaired) electrons. The lowest BCUT2D eigenvalue weighted by molar-refractivity contribution is -0.149. The number of hydrogen-bond donors (Lipinski definition) is 2. The zero-order valence-electron chi connectivity index (χ0n) is 25.8. The summed E-state index contributed by atoms with van der Waals surface area (Å²) >= 11 is 0.